The van der Waals surface area contributed by atoms with Crippen molar-refractivity contribution < 1.29 is 9.90 Å². The zero-order valence-corrected chi connectivity index (χ0v) is 5.29. The topological polar surface area (TPSA) is 75.4 Å². The fourth-order valence-electron chi connectivity index (χ4n) is 0.722. The normalized spacial score (nSPS) is 16.8. The lowest BCUT2D eigenvalue weighted by molar-refractivity contribution is -0.133. The molecule has 0 aliphatic carbocycles. The molecule has 4 heteroatoms. The van der Waals surface area contributed by atoms with Crippen molar-refractivity contribution in [2.24, 2.45) is 5.73 Å². The molecule has 54 valence electrons. The van der Waals surface area contributed by atoms with Crippen LogP contribution in [0, 0.1) is 0 Å². The van der Waals surface area contributed by atoms with Gasteiger partial charge < -0.3 is 16.2 Å². The monoisotopic (exact) mass is 140 g/mol. The van der Waals surface area contributed by atoms with Crippen molar-refractivity contribution in [3.63, 3.8) is 0 Å². The Kier molecular flexibility index (Phi) is 1.62. The molecule has 0 fully saturated rings. The first kappa shape index (κ1) is 6.67. The standard InChI is InChI=1S/C6H8N2O2/c7-4-2-1-3-8-5(4)6(9)10/h1,3,8H,2,7H2,(H,9,10). The number of carboxylic acid groups (broad SMARTS) is 1. The van der Waals surface area contributed by atoms with E-state index in [2.05, 4.69) is 5.32 Å². The Bertz CT molecular complexity index is 218. The van der Waals surface area contributed by atoms with Crippen LogP contribution in [-0.2, 0) is 4.79 Å². The van der Waals surface area contributed by atoms with Crippen LogP contribution in [-0.4, -0.2) is 11.1 Å². The summed E-state index contributed by atoms with van der Waals surface area (Å²) in [6.45, 7) is 0. The van der Waals surface area contributed by atoms with Gasteiger partial charge >= 0.3 is 5.97 Å². The Balaban J connectivity index is 2.81. The van der Waals surface area contributed by atoms with Crippen LogP contribution in [0.5, 0.6) is 0 Å². The minimum absolute atomic E-state index is 0.0856. The van der Waals surface area contributed by atoms with Crippen molar-refractivity contribution in [1.29, 1.82) is 0 Å². The lowest BCUT2D eigenvalue weighted by Crippen LogP contribution is -2.23. The molecule has 4 nitrogen and oxygen atoms in total. The van der Waals surface area contributed by atoms with Crippen molar-refractivity contribution in [2.45, 2.75) is 6.42 Å². The highest BCUT2D eigenvalue weighted by Crippen LogP contribution is 2.05. The molecular formula is C6H8N2O2. The Morgan fingerprint density at radius 3 is 2.90 bits per heavy atom. The molecule has 0 saturated carbocycles. The Labute approximate surface area is 58.0 Å². The molecule has 0 unspecified atom stereocenters. The second-order valence-corrected chi connectivity index (χ2v) is 1.96. The number of carbonyl (C=O) groups is 1. The van der Waals surface area contributed by atoms with E-state index in [1.165, 1.54) is 0 Å². The molecule has 0 atom stereocenters. The van der Waals surface area contributed by atoms with Gasteiger partial charge in [-0.2, -0.15) is 0 Å². The fourth-order valence-corrected chi connectivity index (χ4v) is 0.722. The summed E-state index contributed by atoms with van der Waals surface area (Å²) in [5.41, 5.74) is 5.82. The van der Waals surface area contributed by atoms with E-state index >= 15 is 0 Å². The first-order valence-electron chi connectivity index (χ1n) is 2.85. The average Bonchev–Trinajstić information content (AvgIpc) is 1.88. The van der Waals surface area contributed by atoms with Crippen molar-refractivity contribution in [1.82, 2.24) is 5.32 Å². The van der Waals surface area contributed by atoms with Crippen LogP contribution >= 0.6 is 0 Å². The maximum absolute atomic E-state index is 10.3. The summed E-state index contributed by atoms with van der Waals surface area (Å²) < 4.78 is 0. The molecule has 0 saturated heterocycles. The van der Waals surface area contributed by atoms with Crippen LogP contribution in [0.25, 0.3) is 0 Å². The molecule has 10 heavy (non-hydrogen) atoms. The van der Waals surface area contributed by atoms with Gasteiger partial charge in [0.05, 0.1) is 0 Å². The number of carboxylic acids is 1. The number of hydrogen-bond donors (Lipinski definition) is 3. The largest absolute Gasteiger partial charge is 0.477 e. The fraction of sp³-hybridized carbons (Fsp3) is 0.167. The molecule has 0 radical (unpaired) electrons. The molecule has 0 aromatic heterocycles. The predicted molar refractivity (Wildman–Crippen MR) is 35.7 cm³/mol. The first-order chi connectivity index (χ1) is 4.72. The number of dihydropyridines is 1. The lowest BCUT2D eigenvalue weighted by Gasteiger charge is -2.09. The van der Waals surface area contributed by atoms with Gasteiger partial charge in [0.1, 0.15) is 5.70 Å². The van der Waals surface area contributed by atoms with Gasteiger partial charge in [0.15, 0.2) is 0 Å². The maximum Gasteiger partial charge on any atom is 0.354 e. The maximum atomic E-state index is 10.3. The van der Waals surface area contributed by atoms with Crippen LogP contribution in [0.15, 0.2) is 23.7 Å². The minimum atomic E-state index is -1.01. The predicted octanol–water partition coefficient (Wildman–Crippen LogP) is -0.252. The van der Waals surface area contributed by atoms with E-state index in [1.807, 2.05) is 0 Å². The summed E-state index contributed by atoms with van der Waals surface area (Å²) in [5, 5.41) is 11.0. The molecule has 0 bridgehead atoms. The van der Waals surface area contributed by atoms with Gasteiger partial charge in [-0.3, -0.25) is 0 Å². The quantitative estimate of drug-likeness (QED) is 0.469. The van der Waals surface area contributed by atoms with Crippen LogP contribution in [0.1, 0.15) is 6.42 Å². The molecule has 1 aliphatic heterocycles. The third kappa shape index (κ3) is 1.10. The highest BCUT2D eigenvalue weighted by atomic mass is 16.4. The highest BCUT2D eigenvalue weighted by molar-refractivity contribution is 5.87. The number of aliphatic carboxylic acids is 1. The van der Waals surface area contributed by atoms with E-state index in [-0.39, 0.29) is 5.70 Å². The zero-order chi connectivity index (χ0) is 7.56. The second kappa shape index (κ2) is 2.43. The summed E-state index contributed by atoms with van der Waals surface area (Å²) in [5.74, 6) is -1.01. The van der Waals surface area contributed by atoms with Gasteiger partial charge in [-0.25, -0.2) is 4.79 Å². The van der Waals surface area contributed by atoms with Crippen molar-refractivity contribution in [3.8, 4) is 0 Å². The third-order valence-electron chi connectivity index (χ3n) is 1.22. The summed E-state index contributed by atoms with van der Waals surface area (Å²) in [4.78, 5) is 10.3. The molecule has 4 N–H and O–H groups in total. The number of allylic oxidation sites excluding steroid dienone is 1. The van der Waals surface area contributed by atoms with E-state index in [9.17, 15) is 4.79 Å². The molecule has 0 amide bonds. The van der Waals surface area contributed by atoms with Gasteiger partial charge in [0.25, 0.3) is 0 Å². The highest BCUT2D eigenvalue weighted by Gasteiger charge is 2.11. The first-order valence-corrected chi connectivity index (χ1v) is 2.85. The molecular weight excluding hydrogens is 132 g/mol. The van der Waals surface area contributed by atoms with Crippen LogP contribution in [0.4, 0.5) is 0 Å². The van der Waals surface area contributed by atoms with Gasteiger partial charge in [0.2, 0.25) is 0 Å². The molecule has 1 heterocycles. The smallest absolute Gasteiger partial charge is 0.354 e. The minimum Gasteiger partial charge on any atom is -0.477 e. The zero-order valence-electron chi connectivity index (χ0n) is 5.29. The number of nitrogens with one attached hydrogen (secondary N) is 1. The lowest BCUT2D eigenvalue weighted by atomic mass is 10.2. The summed E-state index contributed by atoms with van der Waals surface area (Å²) >= 11 is 0. The van der Waals surface area contributed by atoms with Crippen LogP contribution < -0.4 is 11.1 Å². The van der Waals surface area contributed by atoms with Crippen molar-refractivity contribution in [3.05, 3.63) is 23.7 Å². The van der Waals surface area contributed by atoms with Gasteiger partial charge in [-0.15, -0.1) is 0 Å². The summed E-state index contributed by atoms with van der Waals surface area (Å²) in [7, 11) is 0. The number of nitrogens with two attached hydrogens (primary N) is 1. The summed E-state index contributed by atoms with van der Waals surface area (Å²) in [6.07, 6.45) is 3.84. The van der Waals surface area contributed by atoms with Crippen LogP contribution in [0.3, 0.4) is 0 Å². The molecule has 1 rings (SSSR count). The van der Waals surface area contributed by atoms with E-state index in [4.69, 9.17) is 10.8 Å². The van der Waals surface area contributed by atoms with E-state index < -0.39 is 5.97 Å². The third-order valence-corrected chi connectivity index (χ3v) is 1.22. The summed E-state index contributed by atoms with van der Waals surface area (Å²) in [6, 6.07) is 0. The number of hydrogen-bond acceptors (Lipinski definition) is 3. The second-order valence-electron chi connectivity index (χ2n) is 1.96. The molecule has 0 spiro atoms. The van der Waals surface area contributed by atoms with Gasteiger partial charge in [0, 0.05) is 12.1 Å². The Morgan fingerprint density at radius 2 is 2.50 bits per heavy atom. The number of rotatable bonds is 1. The molecule has 0 aromatic rings. The van der Waals surface area contributed by atoms with Crippen LogP contribution in [0.2, 0.25) is 0 Å². The Morgan fingerprint density at radius 1 is 1.80 bits per heavy atom. The average molecular weight is 140 g/mol. The van der Waals surface area contributed by atoms with E-state index in [0.717, 1.165) is 0 Å². The van der Waals surface area contributed by atoms with Gasteiger partial charge in [-0.1, -0.05) is 6.08 Å². The van der Waals surface area contributed by atoms with Gasteiger partial charge in [-0.05, 0) is 6.20 Å². The van der Waals surface area contributed by atoms with Crippen molar-refractivity contribution >= 4 is 5.97 Å². The van der Waals surface area contributed by atoms with E-state index in [0.29, 0.717) is 12.1 Å². The SMILES string of the molecule is NC1=C(C(=O)O)NC=CC1. The molecule has 1 aliphatic rings. The molecule has 0 aromatic carbocycles. The van der Waals surface area contributed by atoms with Crippen molar-refractivity contribution in [2.75, 3.05) is 0 Å². The Hall–Kier alpha value is -1.45. The van der Waals surface area contributed by atoms with E-state index in [1.54, 1.807) is 12.3 Å².